The summed E-state index contributed by atoms with van der Waals surface area (Å²) in [7, 11) is 0. The van der Waals surface area contributed by atoms with Crippen LogP contribution in [0, 0.1) is 0 Å². The third-order valence-corrected chi connectivity index (χ3v) is 6.25. The average Bonchev–Trinajstić information content (AvgIpc) is 3.52. The fraction of sp³-hybridized carbons (Fsp3) is 0.407. The number of imidazole rings is 1. The highest BCUT2D eigenvalue weighted by Crippen LogP contribution is 2.36. The highest BCUT2D eigenvalue weighted by atomic mass is 16.7. The van der Waals surface area contributed by atoms with Crippen LogP contribution in [0.4, 0.5) is 4.79 Å². The molecule has 0 unspecified atom stereocenters. The first-order valence-corrected chi connectivity index (χ1v) is 13.0. The summed E-state index contributed by atoms with van der Waals surface area (Å²) in [6.07, 6.45) is -3.23. The number of hydrogen-bond donors (Lipinski definition) is 2. The van der Waals surface area contributed by atoms with Crippen molar-refractivity contribution in [3.8, 4) is 0 Å². The summed E-state index contributed by atoms with van der Waals surface area (Å²) in [5.74, 6) is -3.32. The zero-order valence-electron chi connectivity index (χ0n) is 23.4. The molecule has 1 amide bonds. The van der Waals surface area contributed by atoms with Gasteiger partial charge in [-0.2, -0.15) is 0 Å². The monoisotopic (exact) mass is 599 g/mol. The Balaban J connectivity index is 1.58. The Labute approximate surface area is 244 Å². The Bertz CT molecular complexity index is 1490. The van der Waals surface area contributed by atoms with Crippen LogP contribution < -0.4 is 5.32 Å². The fourth-order valence-corrected chi connectivity index (χ4v) is 4.45. The third-order valence-electron chi connectivity index (χ3n) is 6.25. The topological polar surface area (TPSA) is 207 Å². The molecule has 1 saturated heterocycles. The van der Waals surface area contributed by atoms with Crippen molar-refractivity contribution in [1.29, 1.82) is 0 Å². The van der Waals surface area contributed by atoms with E-state index in [1.807, 2.05) is 6.07 Å². The fourth-order valence-electron chi connectivity index (χ4n) is 4.45. The van der Waals surface area contributed by atoms with Gasteiger partial charge in [-0.05, 0) is 5.56 Å². The van der Waals surface area contributed by atoms with Crippen molar-refractivity contribution in [3.63, 3.8) is 0 Å². The summed E-state index contributed by atoms with van der Waals surface area (Å²) < 4.78 is 28.5. The molecule has 43 heavy (non-hydrogen) atoms. The summed E-state index contributed by atoms with van der Waals surface area (Å²) in [6, 6.07) is 7.44. The zero-order chi connectivity index (χ0) is 31.1. The lowest BCUT2D eigenvalue weighted by molar-refractivity contribution is -0.166. The maximum absolute atomic E-state index is 12.3. The number of aliphatic carboxylic acids is 1. The second-order valence-electron chi connectivity index (χ2n) is 9.46. The lowest BCUT2D eigenvalue weighted by Crippen LogP contribution is -2.42. The van der Waals surface area contributed by atoms with Gasteiger partial charge in [0.1, 0.15) is 37.2 Å². The first-order chi connectivity index (χ1) is 20.5. The van der Waals surface area contributed by atoms with E-state index in [0.29, 0.717) is 0 Å². The maximum atomic E-state index is 12.3. The van der Waals surface area contributed by atoms with Crippen LogP contribution in [0.25, 0.3) is 11.2 Å². The number of ether oxygens (including phenoxy) is 5. The number of esters is 3. The predicted octanol–water partition coefficient (Wildman–Crippen LogP) is 1.07. The van der Waals surface area contributed by atoms with E-state index < -0.39 is 60.6 Å². The van der Waals surface area contributed by atoms with Gasteiger partial charge >= 0.3 is 30.0 Å². The molecule has 0 spiro atoms. The highest BCUT2D eigenvalue weighted by Gasteiger charge is 2.51. The van der Waals surface area contributed by atoms with Crippen LogP contribution in [0.1, 0.15) is 38.3 Å². The summed E-state index contributed by atoms with van der Waals surface area (Å²) in [6.45, 7) is 3.16. The van der Waals surface area contributed by atoms with Crippen molar-refractivity contribution in [1.82, 2.24) is 24.8 Å². The number of nitrogens with one attached hydrogen (secondary N) is 1. The summed E-state index contributed by atoms with van der Waals surface area (Å²) in [5.41, 5.74) is 1.23. The first-order valence-electron chi connectivity index (χ1n) is 13.0. The van der Waals surface area contributed by atoms with Gasteiger partial charge in [0.05, 0.1) is 12.0 Å². The molecule has 3 aromatic rings. The van der Waals surface area contributed by atoms with Crippen LogP contribution in [-0.4, -0.2) is 85.6 Å². The number of carboxylic acid groups (broad SMARTS) is 1. The van der Waals surface area contributed by atoms with Crippen LogP contribution in [0.2, 0.25) is 0 Å². The Morgan fingerprint density at radius 3 is 2.30 bits per heavy atom. The van der Waals surface area contributed by atoms with Gasteiger partial charge in [-0.25, -0.2) is 24.5 Å². The minimum atomic E-state index is -1.43. The van der Waals surface area contributed by atoms with E-state index in [0.717, 1.165) is 25.7 Å². The Morgan fingerprint density at radius 1 is 0.953 bits per heavy atom. The molecule has 1 aliphatic heterocycles. The second-order valence-corrected chi connectivity index (χ2v) is 9.46. The van der Waals surface area contributed by atoms with Crippen LogP contribution in [0.15, 0.2) is 43.0 Å². The molecule has 16 heteroatoms. The van der Waals surface area contributed by atoms with Gasteiger partial charge in [-0.15, -0.1) is 0 Å². The van der Waals surface area contributed by atoms with Gasteiger partial charge in [-0.1, -0.05) is 30.3 Å². The lowest BCUT2D eigenvalue weighted by Gasteiger charge is -2.23. The molecule has 4 rings (SSSR count). The van der Waals surface area contributed by atoms with Crippen LogP contribution in [0.3, 0.4) is 0 Å². The van der Waals surface area contributed by atoms with Gasteiger partial charge < -0.3 is 34.1 Å². The summed E-state index contributed by atoms with van der Waals surface area (Å²) >= 11 is 0. The van der Waals surface area contributed by atoms with Gasteiger partial charge in [-0.3, -0.25) is 19.0 Å². The number of carbonyl (C=O) groups excluding carboxylic acids is 4. The number of carboxylic acids is 1. The standard InChI is InChI=1S/C27H29N5O11/c1-14(33)39-11-20-22(41-15(2)34)23(42-16(3)35)25(43-20)32-13-30-21-18(28-12-29-24(21)32)9-19(26(36)37)31-27(38)40-10-17-7-5-4-6-8-17/h4-8,12-13,19-20,22-23,25H,9-11H2,1-3H3,(H,31,38)(H,36,37)/t19-,20-,22-,23-,25-/m1/s1. The number of carbonyl (C=O) groups is 5. The quantitative estimate of drug-likeness (QED) is 0.234. The molecular weight excluding hydrogens is 570 g/mol. The van der Waals surface area contributed by atoms with Crippen molar-refractivity contribution in [2.24, 2.45) is 0 Å². The first kappa shape index (κ1) is 30.8. The molecule has 1 fully saturated rings. The lowest BCUT2D eigenvalue weighted by atomic mass is 10.1. The van der Waals surface area contributed by atoms with E-state index in [2.05, 4.69) is 20.3 Å². The minimum Gasteiger partial charge on any atom is -0.480 e. The molecule has 0 saturated carbocycles. The molecule has 3 heterocycles. The van der Waals surface area contributed by atoms with E-state index in [4.69, 9.17) is 23.7 Å². The van der Waals surface area contributed by atoms with E-state index >= 15 is 0 Å². The SMILES string of the molecule is CC(=O)OC[C@H]1O[C@@H](n2cnc3c(C[C@@H](NC(=O)OCc4ccccc4)C(=O)O)ncnc32)[C@H](OC(C)=O)[C@@H]1OC(C)=O. The predicted molar refractivity (Wildman–Crippen MR) is 142 cm³/mol. The zero-order valence-corrected chi connectivity index (χ0v) is 23.4. The van der Waals surface area contributed by atoms with Crippen molar-refractivity contribution in [2.45, 2.75) is 64.4 Å². The average molecular weight is 600 g/mol. The molecule has 2 N–H and O–H groups in total. The maximum Gasteiger partial charge on any atom is 0.408 e. The molecule has 1 aliphatic rings. The second kappa shape index (κ2) is 13.7. The van der Waals surface area contributed by atoms with Crippen molar-refractivity contribution < 1.29 is 52.8 Å². The van der Waals surface area contributed by atoms with Gasteiger partial charge in [0.25, 0.3) is 0 Å². The van der Waals surface area contributed by atoms with E-state index in [9.17, 15) is 29.1 Å². The van der Waals surface area contributed by atoms with E-state index in [1.54, 1.807) is 24.3 Å². The van der Waals surface area contributed by atoms with Crippen molar-refractivity contribution in [2.75, 3.05) is 6.61 Å². The normalized spacial score (nSPS) is 20.2. The minimum absolute atomic E-state index is 0.0567. The number of fused-ring (bicyclic) bond motifs is 1. The van der Waals surface area contributed by atoms with E-state index in [1.165, 1.54) is 17.8 Å². The number of amides is 1. The van der Waals surface area contributed by atoms with Gasteiger partial charge in [0.15, 0.2) is 24.1 Å². The number of rotatable bonds is 11. The largest absolute Gasteiger partial charge is 0.480 e. The number of alkyl carbamates (subject to hydrolysis) is 1. The van der Waals surface area contributed by atoms with Crippen LogP contribution >= 0.6 is 0 Å². The smallest absolute Gasteiger partial charge is 0.408 e. The number of hydrogen-bond acceptors (Lipinski definition) is 13. The molecule has 2 aromatic heterocycles. The molecule has 1 aromatic carbocycles. The Hall–Kier alpha value is -5.12. The van der Waals surface area contributed by atoms with E-state index in [-0.39, 0.29) is 36.5 Å². The number of benzene rings is 1. The van der Waals surface area contributed by atoms with Crippen LogP contribution in [0.5, 0.6) is 0 Å². The van der Waals surface area contributed by atoms with Gasteiger partial charge in [0, 0.05) is 27.2 Å². The number of aromatic nitrogens is 4. The molecule has 16 nitrogen and oxygen atoms in total. The molecular formula is C27H29N5O11. The van der Waals surface area contributed by atoms with Crippen LogP contribution in [-0.2, 0) is 55.9 Å². The summed E-state index contributed by atoms with van der Waals surface area (Å²) in [5, 5.41) is 12.1. The molecule has 0 radical (unpaired) electrons. The highest BCUT2D eigenvalue weighted by molar-refractivity contribution is 5.81. The Kier molecular flexibility index (Phi) is 9.82. The molecule has 0 aliphatic carbocycles. The summed E-state index contributed by atoms with van der Waals surface area (Å²) in [4.78, 5) is 72.3. The van der Waals surface area contributed by atoms with Crippen molar-refractivity contribution in [3.05, 3.63) is 54.2 Å². The Morgan fingerprint density at radius 2 is 1.65 bits per heavy atom. The molecule has 0 bridgehead atoms. The van der Waals surface area contributed by atoms with Crippen molar-refractivity contribution >= 4 is 41.1 Å². The molecule has 228 valence electrons. The third kappa shape index (κ3) is 7.79. The molecule has 5 atom stereocenters. The number of nitrogens with zero attached hydrogens (tertiary/aromatic N) is 4. The van der Waals surface area contributed by atoms with Gasteiger partial charge in [0.2, 0.25) is 0 Å².